The molecule has 3 N–H and O–H groups in total. The van der Waals surface area contributed by atoms with Crippen molar-refractivity contribution >= 4 is 56.2 Å². The fourth-order valence-electron chi connectivity index (χ4n) is 6.80. The summed E-state index contributed by atoms with van der Waals surface area (Å²) in [6.07, 6.45) is 3.36. The van der Waals surface area contributed by atoms with E-state index in [-0.39, 0.29) is 31.4 Å². The van der Waals surface area contributed by atoms with Crippen molar-refractivity contribution in [1.82, 2.24) is 30.2 Å². The Morgan fingerprint density at radius 1 is 1.04 bits per heavy atom. The Hall–Kier alpha value is -4.57. The van der Waals surface area contributed by atoms with Crippen LogP contribution in [0, 0.1) is 11.3 Å². The lowest BCUT2D eigenvalue weighted by molar-refractivity contribution is -0.143. The second-order valence-electron chi connectivity index (χ2n) is 15.4. The molecule has 3 aliphatic carbocycles. The third-order valence-corrected chi connectivity index (χ3v) is 13.1. The second-order valence-corrected chi connectivity index (χ2v) is 18.3. The lowest BCUT2D eigenvalue weighted by Crippen LogP contribution is -2.60. The number of likely N-dealkylation sites (tertiary alicyclic amines) is 1. The molecule has 5 atom stereocenters. The topological polar surface area (TPSA) is 186 Å². The summed E-state index contributed by atoms with van der Waals surface area (Å²) in [7, 11) is -3.90. The standard InChI is InChI=1S/C37H44N6O8S2/c1-5-21-19-37(21,34(46)42-53(48,49)24-15-16-24)41-31(44)27-18-23(20-43(27)33(45)30(36(2,3)4)40-35(47)51-22-10-8-11-22)50-32-29(28-14-9-17-52-28)38-25-12-6-7-13-26(25)39-32/h5-7,9,12-14,17,21-24,27,30H,1,8,10-11,15-16,18-20H2,2-4H3,(H,40,47)(H,41,44)(H,42,46)/t21-,23-,27+,30-,37-/m1/s1. The van der Waals surface area contributed by atoms with Gasteiger partial charge in [0.05, 0.1) is 27.7 Å². The van der Waals surface area contributed by atoms with Crippen molar-refractivity contribution in [3.8, 4) is 16.5 Å². The zero-order valence-electron chi connectivity index (χ0n) is 29.9. The van der Waals surface area contributed by atoms with Gasteiger partial charge in [-0.05, 0) is 67.5 Å². The normalized spacial score (nSPS) is 24.8. The summed E-state index contributed by atoms with van der Waals surface area (Å²) in [6.45, 7) is 9.13. The minimum atomic E-state index is -3.90. The smallest absolute Gasteiger partial charge is 0.408 e. The van der Waals surface area contributed by atoms with E-state index in [2.05, 4.69) is 21.9 Å². The first-order chi connectivity index (χ1) is 25.2. The van der Waals surface area contributed by atoms with Crippen molar-refractivity contribution in [2.45, 2.75) is 101 Å². The number of thiophene rings is 1. The van der Waals surface area contributed by atoms with Crippen LogP contribution in [0.15, 0.2) is 54.4 Å². The highest BCUT2D eigenvalue weighted by Crippen LogP contribution is 2.46. The van der Waals surface area contributed by atoms with E-state index in [4.69, 9.17) is 19.4 Å². The van der Waals surface area contributed by atoms with Gasteiger partial charge < -0.3 is 25.0 Å². The van der Waals surface area contributed by atoms with Gasteiger partial charge in [0.1, 0.15) is 35.5 Å². The van der Waals surface area contributed by atoms with E-state index < -0.39 is 74.1 Å². The van der Waals surface area contributed by atoms with Gasteiger partial charge in [0.15, 0.2) is 0 Å². The van der Waals surface area contributed by atoms with Crippen LogP contribution in [0.1, 0.15) is 65.7 Å². The van der Waals surface area contributed by atoms with Gasteiger partial charge in [0.25, 0.3) is 5.91 Å². The monoisotopic (exact) mass is 764 g/mol. The minimum absolute atomic E-state index is 0.0101. The lowest BCUT2D eigenvalue weighted by atomic mass is 9.85. The molecule has 0 radical (unpaired) electrons. The SMILES string of the molecule is C=C[C@@H]1C[C@]1(NC(=O)[C@@H]1C[C@@H](Oc2nc3ccccc3nc2-c2cccs2)CN1C(=O)[C@@H](NC(=O)OC1CCC1)C(C)(C)C)C(=O)NS(=O)(=O)C1CC1. The summed E-state index contributed by atoms with van der Waals surface area (Å²) < 4.78 is 39.7. The molecule has 1 saturated heterocycles. The third-order valence-electron chi connectivity index (χ3n) is 10.4. The molecule has 0 unspecified atom stereocenters. The minimum Gasteiger partial charge on any atom is -0.471 e. The molecule has 7 rings (SSSR count). The number of aromatic nitrogens is 2. The number of amides is 4. The highest BCUT2D eigenvalue weighted by atomic mass is 32.2. The van der Waals surface area contributed by atoms with Gasteiger partial charge in [-0.2, -0.15) is 0 Å². The third kappa shape index (κ3) is 7.61. The van der Waals surface area contributed by atoms with Crippen molar-refractivity contribution in [3.05, 3.63) is 54.4 Å². The highest BCUT2D eigenvalue weighted by Gasteiger charge is 2.62. The van der Waals surface area contributed by atoms with Gasteiger partial charge in [-0.3, -0.25) is 19.1 Å². The van der Waals surface area contributed by atoms with Gasteiger partial charge in [-0.15, -0.1) is 17.9 Å². The Morgan fingerprint density at radius 2 is 1.75 bits per heavy atom. The average molecular weight is 765 g/mol. The maximum Gasteiger partial charge on any atom is 0.408 e. The number of rotatable bonds is 12. The number of hydrogen-bond donors (Lipinski definition) is 3. The first kappa shape index (κ1) is 36.8. The summed E-state index contributed by atoms with van der Waals surface area (Å²) in [5.74, 6) is -2.34. The van der Waals surface area contributed by atoms with Crippen LogP contribution >= 0.6 is 11.3 Å². The van der Waals surface area contributed by atoms with Crippen LogP contribution in [0.25, 0.3) is 21.6 Å². The molecule has 1 aliphatic heterocycles. The Labute approximate surface area is 312 Å². The molecule has 3 aromatic rings. The number of fused-ring (bicyclic) bond motifs is 1. The molecule has 4 aliphatic rings. The number of benzene rings is 1. The fraction of sp³-hybridized carbons (Fsp3) is 0.514. The summed E-state index contributed by atoms with van der Waals surface area (Å²) in [5.41, 5.74) is -0.571. The highest BCUT2D eigenvalue weighted by molar-refractivity contribution is 7.91. The van der Waals surface area contributed by atoms with Gasteiger partial charge in [0.2, 0.25) is 27.7 Å². The molecule has 2 aromatic heterocycles. The van der Waals surface area contributed by atoms with Gasteiger partial charge >= 0.3 is 6.09 Å². The van der Waals surface area contributed by atoms with Crippen LogP contribution in [0.5, 0.6) is 5.88 Å². The van der Waals surface area contributed by atoms with Crippen molar-refractivity contribution in [3.63, 3.8) is 0 Å². The van der Waals surface area contributed by atoms with Crippen molar-refractivity contribution in [2.75, 3.05) is 6.54 Å². The zero-order valence-corrected chi connectivity index (χ0v) is 31.5. The molecule has 0 bridgehead atoms. The molecular weight excluding hydrogens is 721 g/mol. The van der Waals surface area contributed by atoms with Crippen molar-refractivity contribution < 1.29 is 37.1 Å². The Morgan fingerprint density at radius 3 is 2.34 bits per heavy atom. The van der Waals surface area contributed by atoms with Crippen LogP contribution in [0.3, 0.4) is 0 Å². The molecule has 282 valence electrons. The summed E-state index contributed by atoms with van der Waals surface area (Å²) >= 11 is 1.47. The van der Waals surface area contributed by atoms with Crippen LogP contribution < -0.4 is 20.1 Å². The maximum absolute atomic E-state index is 14.6. The molecule has 53 heavy (non-hydrogen) atoms. The zero-order chi connectivity index (χ0) is 37.7. The van der Waals surface area contributed by atoms with E-state index in [9.17, 15) is 27.6 Å². The fourth-order valence-corrected chi connectivity index (χ4v) is 8.87. The maximum atomic E-state index is 14.6. The molecule has 3 saturated carbocycles. The van der Waals surface area contributed by atoms with Crippen LogP contribution in [-0.4, -0.2) is 88.7 Å². The molecule has 4 fully saturated rings. The number of carbonyl (C=O) groups excluding carboxylic acids is 4. The summed E-state index contributed by atoms with van der Waals surface area (Å²) in [4.78, 5) is 67.2. The van der Waals surface area contributed by atoms with E-state index in [1.807, 2.05) is 41.8 Å². The Bertz CT molecular complexity index is 2040. The second kappa shape index (κ2) is 14.0. The molecule has 14 nitrogen and oxygen atoms in total. The molecular formula is C37H44N6O8S2. The quantitative estimate of drug-likeness (QED) is 0.227. The number of sulfonamides is 1. The Balaban J connectivity index is 1.19. The molecule has 0 spiro atoms. The van der Waals surface area contributed by atoms with Crippen LogP contribution in [0.2, 0.25) is 0 Å². The average Bonchev–Trinajstić information content (AvgIpc) is 3.96. The van der Waals surface area contributed by atoms with Gasteiger partial charge in [-0.25, -0.2) is 23.2 Å². The predicted octanol–water partition coefficient (Wildman–Crippen LogP) is 4.07. The van der Waals surface area contributed by atoms with E-state index in [0.717, 1.165) is 24.1 Å². The lowest BCUT2D eigenvalue weighted by Gasteiger charge is -2.36. The number of alkyl carbamates (subject to hydrolysis) is 1. The van der Waals surface area contributed by atoms with Gasteiger partial charge in [-0.1, -0.05) is 45.0 Å². The predicted molar refractivity (Wildman–Crippen MR) is 197 cm³/mol. The number of carbonyl (C=O) groups is 4. The number of ether oxygens (including phenoxy) is 2. The Kier molecular flexibility index (Phi) is 9.72. The molecule has 4 amide bonds. The number of para-hydroxylation sites is 2. The van der Waals surface area contributed by atoms with E-state index >= 15 is 0 Å². The first-order valence-electron chi connectivity index (χ1n) is 17.9. The number of nitrogens with one attached hydrogen (secondary N) is 3. The van der Waals surface area contributed by atoms with E-state index in [0.29, 0.717) is 29.6 Å². The molecule has 1 aromatic carbocycles. The van der Waals surface area contributed by atoms with Crippen molar-refractivity contribution in [1.29, 1.82) is 0 Å². The van der Waals surface area contributed by atoms with Crippen molar-refractivity contribution in [2.24, 2.45) is 11.3 Å². The summed E-state index contributed by atoms with van der Waals surface area (Å²) in [5, 5.41) is 6.83. The molecule has 16 heteroatoms. The van der Waals surface area contributed by atoms with Gasteiger partial charge in [0, 0.05) is 12.3 Å². The summed E-state index contributed by atoms with van der Waals surface area (Å²) in [6, 6.07) is 8.92. The van der Waals surface area contributed by atoms with E-state index in [1.165, 1.54) is 22.3 Å². The van der Waals surface area contributed by atoms with Crippen LogP contribution in [0.4, 0.5) is 4.79 Å². The van der Waals surface area contributed by atoms with Crippen LogP contribution in [-0.2, 0) is 29.1 Å². The number of hydrogen-bond acceptors (Lipinski definition) is 11. The number of nitrogens with zero attached hydrogens (tertiary/aromatic N) is 3. The van der Waals surface area contributed by atoms with E-state index in [1.54, 1.807) is 20.8 Å². The molecule has 3 heterocycles. The largest absolute Gasteiger partial charge is 0.471 e. The first-order valence-corrected chi connectivity index (χ1v) is 20.4.